The van der Waals surface area contributed by atoms with Gasteiger partial charge in [0.1, 0.15) is 0 Å². The minimum absolute atomic E-state index is 0. The van der Waals surface area contributed by atoms with Gasteiger partial charge in [-0.2, -0.15) is 0 Å². The summed E-state index contributed by atoms with van der Waals surface area (Å²) in [5.41, 5.74) is 4.27. The van der Waals surface area contributed by atoms with Gasteiger partial charge in [-0.1, -0.05) is 29.3 Å². The van der Waals surface area contributed by atoms with Crippen LogP contribution in [0.3, 0.4) is 0 Å². The van der Waals surface area contributed by atoms with Crippen molar-refractivity contribution in [3.05, 3.63) is 40.2 Å². The molecule has 0 saturated carbocycles. The van der Waals surface area contributed by atoms with Crippen LogP contribution in [0.15, 0.2) is 18.2 Å². The van der Waals surface area contributed by atoms with E-state index < -0.39 is 0 Å². The molecule has 1 aromatic carbocycles. The molecule has 0 spiro atoms. The Morgan fingerprint density at radius 3 is 2.92 bits per heavy atom. The summed E-state index contributed by atoms with van der Waals surface area (Å²) in [6.45, 7) is 4.07. The molecule has 0 fully saturated rings. The second kappa shape index (κ2) is 4.50. The SMILES string of the molecule is Cc1ccc2c(c1)C[N-]CC2.[Y]. The Morgan fingerprint density at radius 1 is 1.25 bits per heavy atom. The number of hydrogen-bond donors (Lipinski definition) is 0. The molecule has 1 aliphatic rings. The van der Waals surface area contributed by atoms with Crippen LogP contribution in [0.1, 0.15) is 16.7 Å². The monoisotopic (exact) mass is 235 g/mol. The molecule has 0 unspecified atom stereocenters. The Bertz CT molecular complexity index is 271. The van der Waals surface area contributed by atoms with E-state index in [0.717, 1.165) is 19.5 Å². The van der Waals surface area contributed by atoms with Gasteiger partial charge in [0.2, 0.25) is 0 Å². The Morgan fingerprint density at radius 2 is 2.08 bits per heavy atom. The standard InChI is InChI=1S/C10H12N.Y/c1-8-2-3-9-4-5-11-7-10(9)6-8;/h2-3,6H,4-5,7H2,1H3;/q-1;. The summed E-state index contributed by atoms with van der Waals surface area (Å²) >= 11 is 0. The fourth-order valence-electron chi connectivity index (χ4n) is 1.54. The Kier molecular flexibility index (Phi) is 3.89. The first-order chi connectivity index (χ1) is 5.36. The fraction of sp³-hybridized carbons (Fsp3) is 0.400. The quantitative estimate of drug-likeness (QED) is 0.655. The van der Waals surface area contributed by atoms with E-state index in [1.807, 2.05) is 0 Å². The Labute approximate surface area is 98.8 Å². The molecule has 0 amide bonds. The number of nitrogens with zero attached hydrogens (tertiary/aromatic N) is 1. The van der Waals surface area contributed by atoms with E-state index in [9.17, 15) is 0 Å². The summed E-state index contributed by atoms with van der Waals surface area (Å²) in [5.74, 6) is 0. The topological polar surface area (TPSA) is 14.1 Å². The van der Waals surface area contributed by atoms with Crippen molar-refractivity contribution < 1.29 is 32.7 Å². The van der Waals surface area contributed by atoms with Crippen LogP contribution in [0, 0.1) is 6.92 Å². The van der Waals surface area contributed by atoms with Crippen molar-refractivity contribution in [1.82, 2.24) is 0 Å². The van der Waals surface area contributed by atoms with E-state index >= 15 is 0 Å². The number of benzene rings is 1. The molecule has 1 aliphatic heterocycles. The molecule has 1 radical (unpaired) electrons. The average molecular weight is 235 g/mol. The molecule has 1 heterocycles. The molecule has 0 bridgehead atoms. The van der Waals surface area contributed by atoms with Crippen molar-refractivity contribution in [2.24, 2.45) is 0 Å². The maximum Gasteiger partial charge on any atom is 0 e. The van der Waals surface area contributed by atoms with Gasteiger partial charge in [-0.05, 0) is 18.9 Å². The Hall–Kier alpha value is 0.284. The third kappa shape index (κ3) is 2.15. The summed E-state index contributed by atoms with van der Waals surface area (Å²) in [5, 5.41) is 4.36. The first-order valence-corrected chi connectivity index (χ1v) is 4.08. The summed E-state index contributed by atoms with van der Waals surface area (Å²) < 4.78 is 0. The van der Waals surface area contributed by atoms with E-state index in [4.69, 9.17) is 0 Å². The van der Waals surface area contributed by atoms with Gasteiger partial charge >= 0.3 is 0 Å². The molecule has 0 saturated heterocycles. The largest absolute Gasteiger partial charge is 0.658 e. The summed E-state index contributed by atoms with van der Waals surface area (Å²) in [6, 6.07) is 6.67. The Balaban J connectivity index is 0.000000720. The predicted molar refractivity (Wildman–Crippen MR) is 46.8 cm³/mol. The zero-order chi connectivity index (χ0) is 7.68. The van der Waals surface area contributed by atoms with Crippen molar-refractivity contribution in [3.63, 3.8) is 0 Å². The van der Waals surface area contributed by atoms with Crippen LogP contribution in [0.25, 0.3) is 5.32 Å². The molecule has 1 aromatic rings. The normalized spacial score (nSPS) is 14.8. The summed E-state index contributed by atoms with van der Waals surface area (Å²) in [7, 11) is 0. The molecule has 0 N–H and O–H groups in total. The maximum absolute atomic E-state index is 4.36. The van der Waals surface area contributed by atoms with E-state index in [-0.39, 0.29) is 32.7 Å². The second-order valence-electron chi connectivity index (χ2n) is 3.13. The van der Waals surface area contributed by atoms with E-state index in [1.165, 1.54) is 16.7 Å². The minimum atomic E-state index is 0. The maximum atomic E-state index is 4.36. The molecule has 1 nitrogen and oxygen atoms in total. The molecule has 0 atom stereocenters. The molecular formula is C10H12NY-. The molecule has 2 heteroatoms. The van der Waals surface area contributed by atoms with Crippen LogP contribution >= 0.6 is 0 Å². The van der Waals surface area contributed by atoms with Gasteiger partial charge in [0.05, 0.1) is 0 Å². The van der Waals surface area contributed by atoms with Crippen molar-refractivity contribution in [2.75, 3.05) is 6.54 Å². The van der Waals surface area contributed by atoms with Crippen LogP contribution in [-0.2, 0) is 45.7 Å². The number of fused-ring (bicyclic) bond motifs is 1. The molecule has 0 aromatic heterocycles. The van der Waals surface area contributed by atoms with Gasteiger partial charge in [0, 0.05) is 32.7 Å². The molecule has 2 rings (SSSR count). The minimum Gasteiger partial charge on any atom is -0.658 e. The van der Waals surface area contributed by atoms with E-state index in [1.54, 1.807) is 0 Å². The van der Waals surface area contributed by atoms with Crippen LogP contribution < -0.4 is 0 Å². The van der Waals surface area contributed by atoms with Crippen LogP contribution in [0.2, 0.25) is 0 Å². The summed E-state index contributed by atoms with van der Waals surface area (Å²) in [6.07, 6.45) is 1.13. The van der Waals surface area contributed by atoms with Gasteiger partial charge in [-0.3, -0.25) is 0 Å². The van der Waals surface area contributed by atoms with Crippen LogP contribution in [-0.4, -0.2) is 6.54 Å². The van der Waals surface area contributed by atoms with Crippen molar-refractivity contribution in [1.29, 1.82) is 0 Å². The van der Waals surface area contributed by atoms with Crippen LogP contribution in [0.5, 0.6) is 0 Å². The van der Waals surface area contributed by atoms with E-state index in [2.05, 4.69) is 30.4 Å². The third-order valence-electron chi connectivity index (χ3n) is 2.18. The molecule has 61 valence electrons. The third-order valence-corrected chi connectivity index (χ3v) is 2.18. The van der Waals surface area contributed by atoms with Crippen LogP contribution in [0.4, 0.5) is 0 Å². The van der Waals surface area contributed by atoms with Gasteiger partial charge < -0.3 is 5.32 Å². The van der Waals surface area contributed by atoms with Crippen molar-refractivity contribution >= 4 is 0 Å². The molecular weight excluding hydrogens is 223 g/mol. The zero-order valence-electron chi connectivity index (χ0n) is 7.38. The van der Waals surface area contributed by atoms with Gasteiger partial charge in [-0.15, -0.1) is 13.1 Å². The second-order valence-corrected chi connectivity index (χ2v) is 3.13. The molecule has 0 aliphatic carbocycles. The van der Waals surface area contributed by atoms with Gasteiger partial charge in [0.25, 0.3) is 0 Å². The van der Waals surface area contributed by atoms with Gasteiger partial charge in [-0.25, -0.2) is 0 Å². The van der Waals surface area contributed by atoms with Crippen molar-refractivity contribution in [3.8, 4) is 0 Å². The number of hydrogen-bond acceptors (Lipinski definition) is 0. The zero-order valence-corrected chi connectivity index (χ0v) is 10.2. The van der Waals surface area contributed by atoms with E-state index in [0.29, 0.717) is 0 Å². The smallest absolute Gasteiger partial charge is 0 e. The fourth-order valence-corrected chi connectivity index (χ4v) is 1.54. The first-order valence-electron chi connectivity index (χ1n) is 4.08. The van der Waals surface area contributed by atoms with Crippen molar-refractivity contribution in [2.45, 2.75) is 19.9 Å². The average Bonchev–Trinajstić information content (AvgIpc) is 2.04. The number of aryl methyl sites for hydroxylation is 1. The first kappa shape index (κ1) is 10.4. The van der Waals surface area contributed by atoms with Gasteiger partial charge in [0.15, 0.2) is 0 Å². The predicted octanol–water partition coefficient (Wildman–Crippen LogP) is 2.42. The molecule has 12 heavy (non-hydrogen) atoms. The number of rotatable bonds is 0. The summed E-state index contributed by atoms with van der Waals surface area (Å²) in [4.78, 5) is 0.